The van der Waals surface area contributed by atoms with Crippen LogP contribution in [0.1, 0.15) is 25.8 Å². The van der Waals surface area contributed by atoms with E-state index in [0.29, 0.717) is 29.6 Å². The van der Waals surface area contributed by atoms with Crippen molar-refractivity contribution in [3.8, 4) is 0 Å². The molecule has 1 saturated heterocycles. The van der Waals surface area contributed by atoms with Crippen molar-refractivity contribution < 1.29 is 9.90 Å². The third-order valence-electron chi connectivity index (χ3n) is 4.34. The van der Waals surface area contributed by atoms with E-state index in [-0.39, 0.29) is 5.92 Å². The Kier molecular flexibility index (Phi) is 4.62. The second-order valence-electron chi connectivity index (χ2n) is 5.79. The number of hydrogen-bond acceptors (Lipinski definition) is 2. The van der Waals surface area contributed by atoms with Crippen LogP contribution in [0, 0.1) is 11.3 Å². The molecule has 1 unspecified atom stereocenters. The summed E-state index contributed by atoms with van der Waals surface area (Å²) in [5.41, 5.74) is 0.300. The zero-order valence-corrected chi connectivity index (χ0v) is 13.2. The summed E-state index contributed by atoms with van der Waals surface area (Å²) in [7, 11) is 0. The average molecular weight is 316 g/mol. The molecule has 3 nitrogen and oxygen atoms in total. The van der Waals surface area contributed by atoms with Gasteiger partial charge in [0.2, 0.25) is 0 Å². The number of hydrogen-bond donors (Lipinski definition) is 1. The van der Waals surface area contributed by atoms with Gasteiger partial charge in [0, 0.05) is 13.1 Å². The molecule has 1 N–H and O–H groups in total. The van der Waals surface area contributed by atoms with Gasteiger partial charge in [-0.05, 0) is 30.5 Å². The topological polar surface area (TPSA) is 40.5 Å². The summed E-state index contributed by atoms with van der Waals surface area (Å²) in [4.78, 5) is 13.8. The fourth-order valence-electron chi connectivity index (χ4n) is 2.85. The number of rotatable bonds is 4. The number of benzene rings is 1. The van der Waals surface area contributed by atoms with Crippen molar-refractivity contribution in [3.63, 3.8) is 0 Å². The summed E-state index contributed by atoms with van der Waals surface area (Å²) in [6.07, 6.45) is 0.679. The van der Waals surface area contributed by atoms with Gasteiger partial charge in [-0.2, -0.15) is 0 Å². The molecule has 20 heavy (non-hydrogen) atoms. The summed E-state index contributed by atoms with van der Waals surface area (Å²) in [6, 6.07) is 5.56. The standard InChI is InChI=1S/C15H19Cl2NO2/c1-10(2)15(14(19)20)6-7-18(9-15)8-11-4-3-5-12(16)13(11)17/h3-5,10H,6-9H2,1-2H3,(H,19,20). The highest BCUT2D eigenvalue weighted by Crippen LogP contribution is 2.39. The maximum Gasteiger partial charge on any atom is 0.311 e. The summed E-state index contributed by atoms with van der Waals surface area (Å²) in [5.74, 6) is -0.591. The van der Waals surface area contributed by atoms with Crippen molar-refractivity contribution in [2.75, 3.05) is 13.1 Å². The number of carbonyl (C=O) groups is 1. The van der Waals surface area contributed by atoms with Crippen LogP contribution in [0.2, 0.25) is 10.0 Å². The number of carboxylic acids is 1. The van der Waals surface area contributed by atoms with Gasteiger partial charge in [-0.1, -0.05) is 49.2 Å². The smallest absolute Gasteiger partial charge is 0.311 e. The summed E-state index contributed by atoms with van der Waals surface area (Å²) >= 11 is 12.2. The summed E-state index contributed by atoms with van der Waals surface area (Å²) < 4.78 is 0. The van der Waals surface area contributed by atoms with Gasteiger partial charge < -0.3 is 5.11 Å². The van der Waals surface area contributed by atoms with Crippen molar-refractivity contribution in [2.24, 2.45) is 11.3 Å². The Morgan fingerprint density at radius 2 is 2.15 bits per heavy atom. The first-order chi connectivity index (χ1) is 9.36. The van der Waals surface area contributed by atoms with Crippen LogP contribution in [0.4, 0.5) is 0 Å². The number of aliphatic carboxylic acids is 1. The van der Waals surface area contributed by atoms with E-state index in [4.69, 9.17) is 23.2 Å². The third kappa shape index (κ3) is 2.80. The van der Waals surface area contributed by atoms with Crippen molar-refractivity contribution in [1.29, 1.82) is 0 Å². The molecule has 1 aliphatic rings. The Hall–Kier alpha value is -0.770. The van der Waals surface area contributed by atoms with E-state index < -0.39 is 11.4 Å². The lowest BCUT2D eigenvalue weighted by Crippen LogP contribution is -2.39. The molecule has 2 rings (SSSR count). The molecule has 1 fully saturated rings. The molecule has 1 atom stereocenters. The van der Waals surface area contributed by atoms with Crippen LogP contribution in [0.25, 0.3) is 0 Å². The zero-order chi connectivity index (χ0) is 14.9. The predicted octanol–water partition coefficient (Wildman–Crippen LogP) is 3.93. The van der Waals surface area contributed by atoms with E-state index in [2.05, 4.69) is 4.90 Å². The quantitative estimate of drug-likeness (QED) is 0.915. The lowest BCUT2D eigenvalue weighted by Gasteiger charge is -2.29. The molecule has 0 aliphatic carbocycles. The average Bonchev–Trinajstić information content (AvgIpc) is 2.80. The normalized spacial score (nSPS) is 23.4. The van der Waals surface area contributed by atoms with Crippen LogP contribution >= 0.6 is 23.2 Å². The highest BCUT2D eigenvalue weighted by atomic mass is 35.5. The monoisotopic (exact) mass is 315 g/mol. The molecule has 0 saturated carbocycles. The Bertz CT molecular complexity index is 519. The van der Waals surface area contributed by atoms with Crippen molar-refractivity contribution in [3.05, 3.63) is 33.8 Å². The Balaban J connectivity index is 2.14. The molecule has 0 amide bonds. The maximum absolute atomic E-state index is 11.6. The van der Waals surface area contributed by atoms with E-state index in [9.17, 15) is 9.90 Å². The molecule has 0 spiro atoms. The van der Waals surface area contributed by atoms with Crippen LogP contribution in [-0.4, -0.2) is 29.1 Å². The first-order valence-electron chi connectivity index (χ1n) is 6.75. The SMILES string of the molecule is CC(C)C1(C(=O)O)CCN(Cc2cccc(Cl)c2Cl)C1. The van der Waals surface area contributed by atoms with Crippen LogP contribution in [-0.2, 0) is 11.3 Å². The van der Waals surface area contributed by atoms with Crippen molar-refractivity contribution in [2.45, 2.75) is 26.8 Å². The van der Waals surface area contributed by atoms with E-state index in [1.54, 1.807) is 6.07 Å². The zero-order valence-electron chi connectivity index (χ0n) is 11.7. The molecular formula is C15H19Cl2NO2. The number of nitrogens with zero attached hydrogens (tertiary/aromatic N) is 1. The van der Waals surface area contributed by atoms with Crippen LogP contribution in [0.5, 0.6) is 0 Å². The van der Waals surface area contributed by atoms with Gasteiger partial charge in [0.25, 0.3) is 0 Å². The first kappa shape index (κ1) is 15.6. The van der Waals surface area contributed by atoms with Gasteiger partial charge in [-0.25, -0.2) is 0 Å². The van der Waals surface area contributed by atoms with Crippen LogP contribution < -0.4 is 0 Å². The highest BCUT2D eigenvalue weighted by Gasteiger charge is 2.47. The summed E-state index contributed by atoms with van der Waals surface area (Å²) in [5, 5.41) is 10.6. The maximum atomic E-state index is 11.6. The Labute approximate surface area is 129 Å². The first-order valence-corrected chi connectivity index (χ1v) is 7.51. The van der Waals surface area contributed by atoms with Crippen LogP contribution in [0.3, 0.4) is 0 Å². The van der Waals surface area contributed by atoms with E-state index in [1.165, 1.54) is 0 Å². The van der Waals surface area contributed by atoms with Crippen molar-refractivity contribution >= 4 is 29.2 Å². The van der Waals surface area contributed by atoms with Gasteiger partial charge in [-0.15, -0.1) is 0 Å². The number of halogens is 2. The second kappa shape index (κ2) is 5.92. The van der Waals surface area contributed by atoms with Gasteiger partial charge in [-0.3, -0.25) is 9.69 Å². The Morgan fingerprint density at radius 1 is 1.45 bits per heavy atom. The molecule has 110 valence electrons. The lowest BCUT2D eigenvalue weighted by atomic mass is 9.76. The fourth-order valence-corrected chi connectivity index (χ4v) is 3.23. The third-order valence-corrected chi connectivity index (χ3v) is 5.19. The lowest BCUT2D eigenvalue weighted by molar-refractivity contribution is -0.151. The molecule has 0 aromatic heterocycles. The molecule has 1 aromatic rings. The number of likely N-dealkylation sites (tertiary alicyclic amines) is 1. The van der Waals surface area contributed by atoms with E-state index in [0.717, 1.165) is 12.1 Å². The molecule has 1 heterocycles. The van der Waals surface area contributed by atoms with Crippen LogP contribution in [0.15, 0.2) is 18.2 Å². The molecular weight excluding hydrogens is 297 g/mol. The summed E-state index contributed by atoms with van der Waals surface area (Å²) in [6.45, 7) is 5.92. The van der Waals surface area contributed by atoms with E-state index >= 15 is 0 Å². The molecule has 0 bridgehead atoms. The fraction of sp³-hybridized carbons (Fsp3) is 0.533. The largest absolute Gasteiger partial charge is 0.481 e. The van der Waals surface area contributed by atoms with Gasteiger partial charge in [0.05, 0.1) is 15.5 Å². The minimum Gasteiger partial charge on any atom is -0.481 e. The molecule has 1 aliphatic heterocycles. The molecule has 5 heteroatoms. The number of carboxylic acid groups (broad SMARTS) is 1. The van der Waals surface area contributed by atoms with Gasteiger partial charge >= 0.3 is 5.97 Å². The Morgan fingerprint density at radius 3 is 2.70 bits per heavy atom. The van der Waals surface area contributed by atoms with E-state index in [1.807, 2.05) is 26.0 Å². The van der Waals surface area contributed by atoms with Gasteiger partial charge in [0.15, 0.2) is 0 Å². The van der Waals surface area contributed by atoms with Crippen molar-refractivity contribution in [1.82, 2.24) is 4.90 Å². The highest BCUT2D eigenvalue weighted by molar-refractivity contribution is 6.42. The minimum atomic E-state index is -0.702. The van der Waals surface area contributed by atoms with Gasteiger partial charge in [0.1, 0.15) is 0 Å². The molecule has 1 aromatic carbocycles. The second-order valence-corrected chi connectivity index (χ2v) is 6.57. The predicted molar refractivity (Wildman–Crippen MR) is 81.3 cm³/mol. The minimum absolute atomic E-state index is 0.111. The molecule has 0 radical (unpaired) electrons.